The lowest BCUT2D eigenvalue weighted by Crippen LogP contribution is -2.16. The van der Waals surface area contributed by atoms with E-state index in [1.807, 2.05) is 19.1 Å². The van der Waals surface area contributed by atoms with Crippen LogP contribution in [-0.4, -0.2) is 28.3 Å². The van der Waals surface area contributed by atoms with Crippen molar-refractivity contribution in [2.24, 2.45) is 0 Å². The molecule has 1 aromatic heterocycles. The van der Waals surface area contributed by atoms with E-state index in [0.29, 0.717) is 17.9 Å². The third-order valence-electron chi connectivity index (χ3n) is 3.14. The molecule has 1 aromatic carbocycles. The number of hydrogen-bond acceptors (Lipinski definition) is 6. The summed E-state index contributed by atoms with van der Waals surface area (Å²) >= 11 is 1.08. The molecule has 0 radical (unpaired) electrons. The molecule has 24 heavy (non-hydrogen) atoms. The van der Waals surface area contributed by atoms with Crippen molar-refractivity contribution in [1.82, 2.24) is 9.97 Å². The maximum Gasteiger partial charge on any atom is 0.316 e. The smallest absolute Gasteiger partial charge is 0.316 e. The van der Waals surface area contributed by atoms with Crippen molar-refractivity contribution in [1.29, 1.82) is 5.26 Å². The Balaban J connectivity index is 2.18. The van der Waals surface area contributed by atoms with E-state index in [-0.39, 0.29) is 22.4 Å². The van der Waals surface area contributed by atoms with Crippen LogP contribution in [0.15, 0.2) is 40.3 Å². The number of rotatable bonds is 7. The monoisotopic (exact) mass is 343 g/mol. The number of esters is 1. The van der Waals surface area contributed by atoms with Crippen molar-refractivity contribution < 1.29 is 9.53 Å². The average Bonchev–Trinajstić information content (AvgIpc) is 2.60. The quantitative estimate of drug-likeness (QED) is 0.359. The van der Waals surface area contributed by atoms with Gasteiger partial charge in [0.1, 0.15) is 11.6 Å². The van der Waals surface area contributed by atoms with Gasteiger partial charge in [-0.3, -0.25) is 9.59 Å². The van der Waals surface area contributed by atoms with Crippen molar-refractivity contribution >= 4 is 17.7 Å². The maximum absolute atomic E-state index is 12.1. The highest BCUT2D eigenvalue weighted by Gasteiger charge is 2.14. The average molecular weight is 343 g/mol. The van der Waals surface area contributed by atoms with Gasteiger partial charge in [0.2, 0.25) is 0 Å². The number of hydrogen-bond donors (Lipinski definition) is 1. The summed E-state index contributed by atoms with van der Waals surface area (Å²) in [6, 6.07) is 10.9. The molecule has 2 rings (SSSR count). The number of H-pyrrole nitrogens is 1. The first kappa shape index (κ1) is 17.8. The van der Waals surface area contributed by atoms with Crippen molar-refractivity contribution in [3.05, 3.63) is 46.2 Å². The first-order valence-electron chi connectivity index (χ1n) is 7.54. The molecule has 0 atom stereocenters. The number of nitrogens with one attached hydrogen (secondary N) is 1. The molecule has 0 aliphatic rings. The van der Waals surface area contributed by atoms with E-state index in [4.69, 9.17) is 4.74 Å². The zero-order valence-corrected chi connectivity index (χ0v) is 14.1. The molecular weight excluding hydrogens is 326 g/mol. The third kappa shape index (κ3) is 4.70. The largest absolute Gasteiger partial charge is 0.465 e. The van der Waals surface area contributed by atoms with Gasteiger partial charge in [0.05, 0.1) is 18.1 Å². The Bertz CT molecular complexity index is 797. The number of unbranched alkanes of at least 4 members (excludes halogenated alkanes) is 1. The van der Waals surface area contributed by atoms with Crippen molar-refractivity contribution in [2.75, 3.05) is 12.4 Å². The van der Waals surface area contributed by atoms with Crippen LogP contribution in [0.1, 0.15) is 25.3 Å². The summed E-state index contributed by atoms with van der Waals surface area (Å²) in [5.41, 5.74) is 0.417. The number of nitrogens with zero attached hydrogens (tertiary/aromatic N) is 2. The first-order valence-corrected chi connectivity index (χ1v) is 8.52. The first-order chi connectivity index (χ1) is 11.7. The predicted molar refractivity (Wildman–Crippen MR) is 91.6 cm³/mol. The molecule has 1 N–H and O–H groups in total. The van der Waals surface area contributed by atoms with E-state index in [2.05, 4.69) is 9.97 Å². The van der Waals surface area contributed by atoms with Gasteiger partial charge < -0.3 is 9.72 Å². The minimum atomic E-state index is -0.520. The summed E-state index contributed by atoms with van der Waals surface area (Å²) in [4.78, 5) is 30.6. The van der Waals surface area contributed by atoms with Gasteiger partial charge in [-0.05, 0) is 6.42 Å². The molecule has 0 saturated carbocycles. The molecular formula is C17H17N3O3S. The molecule has 0 saturated heterocycles. The number of thioether (sulfide) groups is 1. The molecule has 0 spiro atoms. The van der Waals surface area contributed by atoms with Gasteiger partial charge in [-0.15, -0.1) is 0 Å². The van der Waals surface area contributed by atoms with Gasteiger partial charge >= 0.3 is 5.97 Å². The van der Waals surface area contributed by atoms with E-state index >= 15 is 0 Å². The lowest BCUT2D eigenvalue weighted by Gasteiger charge is -2.06. The molecule has 1 heterocycles. The lowest BCUT2D eigenvalue weighted by molar-refractivity contribution is -0.140. The zero-order valence-electron chi connectivity index (χ0n) is 13.2. The summed E-state index contributed by atoms with van der Waals surface area (Å²) in [6.45, 7) is 2.40. The summed E-state index contributed by atoms with van der Waals surface area (Å²) in [5, 5.41) is 9.48. The number of nitriles is 1. The minimum Gasteiger partial charge on any atom is -0.465 e. The second kappa shape index (κ2) is 8.89. The SMILES string of the molecule is CCCCOC(=O)CSc1nc(-c2ccccc2)c(C#N)c(=O)[nH]1. The van der Waals surface area contributed by atoms with E-state index in [1.165, 1.54) is 0 Å². The number of carbonyl (C=O) groups is 1. The number of carbonyl (C=O) groups excluding carboxylic acids is 1. The Morgan fingerprint density at radius 2 is 2.12 bits per heavy atom. The van der Waals surface area contributed by atoms with Crippen LogP contribution in [0, 0.1) is 11.3 Å². The highest BCUT2D eigenvalue weighted by atomic mass is 32.2. The van der Waals surface area contributed by atoms with E-state index < -0.39 is 5.56 Å². The second-order valence-electron chi connectivity index (χ2n) is 4.94. The lowest BCUT2D eigenvalue weighted by atomic mass is 10.1. The predicted octanol–water partition coefficient (Wildman–Crippen LogP) is 2.74. The zero-order chi connectivity index (χ0) is 17.4. The van der Waals surface area contributed by atoms with E-state index in [9.17, 15) is 14.9 Å². The minimum absolute atomic E-state index is 0.0453. The number of benzene rings is 1. The van der Waals surface area contributed by atoms with Crippen molar-refractivity contribution in [2.45, 2.75) is 24.9 Å². The molecule has 124 valence electrons. The van der Waals surface area contributed by atoms with Crippen LogP contribution in [0.5, 0.6) is 0 Å². The fourth-order valence-electron chi connectivity index (χ4n) is 1.93. The van der Waals surface area contributed by atoms with E-state index in [0.717, 1.165) is 24.6 Å². The second-order valence-corrected chi connectivity index (χ2v) is 5.90. The van der Waals surface area contributed by atoms with Crippen LogP contribution in [0.4, 0.5) is 0 Å². The molecule has 2 aromatic rings. The van der Waals surface area contributed by atoms with Crippen molar-refractivity contribution in [3.8, 4) is 17.3 Å². The standard InChI is InChI=1S/C17H17N3O3S/c1-2-3-9-23-14(21)11-24-17-19-15(12-7-5-4-6-8-12)13(10-18)16(22)20-17/h4-8H,2-3,9,11H2,1H3,(H,19,20,22). The fraction of sp³-hybridized carbons (Fsp3) is 0.294. The molecule has 0 bridgehead atoms. The van der Waals surface area contributed by atoms with E-state index in [1.54, 1.807) is 24.3 Å². The van der Waals surface area contributed by atoms with Gasteiger partial charge in [-0.1, -0.05) is 55.4 Å². The Morgan fingerprint density at radius 1 is 1.38 bits per heavy atom. The highest BCUT2D eigenvalue weighted by molar-refractivity contribution is 7.99. The van der Waals surface area contributed by atoms with Crippen LogP contribution in [0.3, 0.4) is 0 Å². The molecule has 0 aliphatic carbocycles. The summed E-state index contributed by atoms with van der Waals surface area (Å²) in [5.74, 6) is -0.311. The fourth-order valence-corrected chi connectivity index (χ4v) is 2.59. The van der Waals surface area contributed by atoms with Crippen LogP contribution in [-0.2, 0) is 9.53 Å². The third-order valence-corrected chi connectivity index (χ3v) is 3.99. The molecule has 0 unspecified atom stereocenters. The summed E-state index contributed by atoms with van der Waals surface area (Å²) < 4.78 is 5.06. The van der Waals surface area contributed by atoms with Gasteiger partial charge in [-0.25, -0.2) is 4.98 Å². The summed E-state index contributed by atoms with van der Waals surface area (Å²) in [6.07, 6.45) is 1.77. The topological polar surface area (TPSA) is 95.8 Å². The molecule has 7 heteroatoms. The number of aromatic nitrogens is 2. The normalized spacial score (nSPS) is 10.2. The molecule has 0 amide bonds. The van der Waals surface area contributed by atoms with Crippen LogP contribution in [0.2, 0.25) is 0 Å². The Kier molecular flexibility index (Phi) is 6.58. The van der Waals surface area contributed by atoms with Crippen molar-refractivity contribution in [3.63, 3.8) is 0 Å². The Hall–Kier alpha value is -2.59. The number of aromatic amines is 1. The number of ether oxygens (including phenoxy) is 1. The summed E-state index contributed by atoms with van der Waals surface area (Å²) in [7, 11) is 0. The Labute approximate surface area is 143 Å². The highest BCUT2D eigenvalue weighted by Crippen LogP contribution is 2.21. The maximum atomic E-state index is 12.1. The van der Waals surface area contributed by atoms with Gasteiger partial charge in [-0.2, -0.15) is 5.26 Å². The Morgan fingerprint density at radius 3 is 2.79 bits per heavy atom. The molecule has 0 aliphatic heterocycles. The van der Waals surface area contributed by atoms with Gasteiger partial charge in [0, 0.05) is 5.56 Å². The van der Waals surface area contributed by atoms with Crippen LogP contribution < -0.4 is 5.56 Å². The van der Waals surface area contributed by atoms with Crippen LogP contribution in [0.25, 0.3) is 11.3 Å². The molecule has 6 nitrogen and oxygen atoms in total. The van der Waals surface area contributed by atoms with Crippen LogP contribution >= 0.6 is 11.8 Å². The molecule has 0 fully saturated rings. The van der Waals surface area contributed by atoms with Gasteiger partial charge in [0.25, 0.3) is 5.56 Å². The van der Waals surface area contributed by atoms with Gasteiger partial charge in [0.15, 0.2) is 5.16 Å².